The Kier molecular flexibility index (Phi) is 25.8. The second-order valence-corrected chi connectivity index (χ2v) is 30.7. The largest absolute Gasteiger partial charge is 0.396 e. The summed E-state index contributed by atoms with van der Waals surface area (Å²) in [7, 11) is 0. The van der Waals surface area contributed by atoms with E-state index in [-0.39, 0.29) is 38.0 Å². The molecule has 1 unspecified atom stereocenters. The van der Waals surface area contributed by atoms with Gasteiger partial charge in [0, 0.05) is 167 Å². The summed E-state index contributed by atoms with van der Waals surface area (Å²) in [6.07, 6.45) is 37.1. The summed E-state index contributed by atoms with van der Waals surface area (Å²) in [4.78, 5) is 21.4. The Morgan fingerprint density at radius 3 is 1.27 bits per heavy atom. The Balaban J connectivity index is 0.000000124. The molecule has 16 rings (SSSR count). The number of aromatic nitrogens is 12. The standard InChI is InChI=1S/2C20H24BrN5O.C19H22BrN5O.C18H20BrN5O/c21-18-14-24-26-19(18)10-17(25-8-2-1-5-16(25)6-9-27)11-20(26)23-13-15-4-3-7-22-12-15;21-17-12-24-26-19(17)8-16(25-18-6-2-1-5-15(18)13-27)9-20(26)23-11-14-4-3-7-22-10-14;20-16-12-23-25-17(16)8-15(24-19(13-26)5-1-2-6-19)9-18(25)22-11-14-4-3-7-21-10-14;19-16-11-22-24-17(16)7-15(23-6-2-4-14(23)12-25)8-18(24)21-10-13-3-1-5-20-9-13/h3-4,7,10-12,14,16,23,27H,1-2,5-6,8-9,13H2;3-4,7-10,12,15,18,23,25,27H,1-2,5-6,11,13H2;3-4,7-10,12,22,24,26H,1-2,5-6,11,13H2;1,3,5,7-9,11,14,21,25H,2,4,6,10,12H2/t;15-,18-;;14-/m.1.0/s1. The molecule has 0 radical (unpaired) electrons. The highest BCUT2D eigenvalue weighted by atomic mass is 79.9. The number of nitrogens with zero attached hydrogens (tertiary/aromatic N) is 14. The van der Waals surface area contributed by atoms with E-state index in [1.807, 2.05) is 104 Å². The van der Waals surface area contributed by atoms with Crippen molar-refractivity contribution < 1.29 is 20.4 Å². The van der Waals surface area contributed by atoms with Crippen LogP contribution >= 0.6 is 63.7 Å². The summed E-state index contributed by atoms with van der Waals surface area (Å²) in [5, 5.41) is 77.8. The molecule has 4 atom stereocenters. The number of anilines is 8. The first kappa shape index (κ1) is 74.8. The van der Waals surface area contributed by atoms with Gasteiger partial charge in [-0.1, -0.05) is 49.9 Å². The van der Waals surface area contributed by atoms with Gasteiger partial charge in [-0.05, 0) is 199 Å². The second kappa shape index (κ2) is 36.2. The SMILES string of the molecule is OCC1(Nc2cc(NCc3cccnc3)n3ncc(Br)c3c2)CCCC1.OCCC1CCCCN1c1cc(NCc2cccnc2)n2ncc(Br)c2c1.OC[C@@H]1CCCN1c1cc(NCc2cccnc2)n2ncc(Br)c2c1.OC[C@H]1CCCC[C@H]1Nc1cc(NCc2cccnc2)n2ncc(Br)c2c1. The topological polar surface area (TPSA) is 280 Å². The molecular formula is C77H90Br4N20O4. The number of aliphatic hydroxyl groups is 4. The molecule has 0 amide bonds. The van der Waals surface area contributed by atoms with Gasteiger partial charge in [0.05, 0.1) is 89.5 Å². The highest BCUT2D eigenvalue weighted by molar-refractivity contribution is 9.11. The van der Waals surface area contributed by atoms with Gasteiger partial charge in [0.1, 0.15) is 23.3 Å². The Hall–Kier alpha value is -8.48. The lowest BCUT2D eigenvalue weighted by Crippen LogP contribution is -2.40. The first-order valence-corrected chi connectivity index (χ1v) is 39.3. The average molecular weight is 1680 g/mol. The van der Waals surface area contributed by atoms with Crippen LogP contribution in [0, 0.1) is 5.92 Å². The van der Waals surface area contributed by atoms with Crippen LogP contribution in [-0.2, 0) is 26.2 Å². The maximum atomic E-state index is 9.92. The number of pyridine rings is 8. The van der Waals surface area contributed by atoms with E-state index in [4.69, 9.17) is 0 Å². The van der Waals surface area contributed by atoms with Crippen molar-refractivity contribution in [2.75, 3.05) is 81.2 Å². The Bertz CT molecular complexity index is 4740. The van der Waals surface area contributed by atoms with E-state index in [0.29, 0.717) is 44.2 Å². The maximum absolute atomic E-state index is 9.92. The number of rotatable bonds is 23. The summed E-state index contributed by atoms with van der Waals surface area (Å²) in [6.45, 7) is 5.48. The highest BCUT2D eigenvalue weighted by Crippen LogP contribution is 2.38. The van der Waals surface area contributed by atoms with Gasteiger partial charge >= 0.3 is 0 Å². The number of piperidine rings is 1. The summed E-state index contributed by atoms with van der Waals surface area (Å²) < 4.78 is 11.4. The van der Waals surface area contributed by atoms with Crippen LogP contribution in [-0.4, -0.2) is 142 Å². The van der Waals surface area contributed by atoms with E-state index >= 15 is 0 Å². The third kappa shape index (κ3) is 18.7. The fourth-order valence-electron chi connectivity index (χ4n) is 14.6. The summed E-state index contributed by atoms with van der Waals surface area (Å²) in [5.74, 6) is 4.00. The highest BCUT2D eigenvalue weighted by Gasteiger charge is 2.34. The molecule has 10 N–H and O–H groups in total. The molecule has 4 aliphatic rings. The number of aliphatic hydroxyl groups excluding tert-OH is 4. The minimum absolute atomic E-state index is 0.150. The average Bonchev–Trinajstić information content (AvgIpc) is 1.68. The minimum Gasteiger partial charge on any atom is -0.396 e. The van der Waals surface area contributed by atoms with E-state index in [1.54, 1.807) is 31.0 Å². The second-order valence-electron chi connectivity index (χ2n) is 27.2. The molecule has 4 fully saturated rings. The molecule has 0 spiro atoms. The predicted octanol–water partition coefficient (Wildman–Crippen LogP) is 14.8. The van der Waals surface area contributed by atoms with Crippen LogP contribution in [0.2, 0.25) is 0 Å². The van der Waals surface area contributed by atoms with Gasteiger partial charge in [-0.25, -0.2) is 18.1 Å². The zero-order valence-corrected chi connectivity index (χ0v) is 64.9. The van der Waals surface area contributed by atoms with Crippen LogP contribution < -0.4 is 41.7 Å². The number of fused-ring (bicyclic) bond motifs is 4. The van der Waals surface area contributed by atoms with Crippen molar-refractivity contribution in [1.82, 2.24) is 58.4 Å². The van der Waals surface area contributed by atoms with Gasteiger partial charge in [0.15, 0.2) is 0 Å². The molecule has 0 bridgehead atoms. The van der Waals surface area contributed by atoms with E-state index in [1.165, 1.54) is 31.4 Å². The van der Waals surface area contributed by atoms with E-state index in [0.717, 1.165) is 180 Å². The van der Waals surface area contributed by atoms with Crippen molar-refractivity contribution >= 4 is 132 Å². The molecule has 0 aromatic carbocycles. The van der Waals surface area contributed by atoms with E-state index < -0.39 is 0 Å². The van der Waals surface area contributed by atoms with E-state index in [9.17, 15) is 20.4 Å². The molecule has 28 heteroatoms. The number of hydrogen-bond donors (Lipinski definition) is 10. The van der Waals surface area contributed by atoms with Crippen molar-refractivity contribution in [3.63, 3.8) is 0 Å². The maximum Gasteiger partial charge on any atom is 0.130 e. The van der Waals surface area contributed by atoms with Gasteiger partial charge in [-0.2, -0.15) is 20.4 Å². The minimum atomic E-state index is -0.217. The summed E-state index contributed by atoms with van der Waals surface area (Å²) in [6, 6.07) is 33.7. The molecule has 12 aromatic heterocycles. The molecule has 2 aliphatic heterocycles. The molecule has 2 saturated heterocycles. The molecular weight excluding hydrogens is 1590 g/mol. The van der Waals surface area contributed by atoms with Crippen molar-refractivity contribution in [1.29, 1.82) is 0 Å². The third-order valence-electron chi connectivity index (χ3n) is 20.2. The van der Waals surface area contributed by atoms with Crippen molar-refractivity contribution in [3.8, 4) is 0 Å². The van der Waals surface area contributed by atoms with Crippen LogP contribution in [0.3, 0.4) is 0 Å². The Labute approximate surface area is 644 Å². The fourth-order valence-corrected chi connectivity index (χ4v) is 16.1. The summed E-state index contributed by atoms with van der Waals surface area (Å²) >= 11 is 14.4. The quantitative estimate of drug-likeness (QED) is 0.0285. The van der Waals surface area contributed by atoms with Gasteiger partial charge in [0.2, 0.25) is 0 Å². The first-order valence-electron chi connectivity index (χ1n) is 36.2. The Morgan fingerprint density at radius 1 is 0.419 bits per heavy atom. The Morgan fingerprint density at radius 2 is 0.829 bits per heavy atom. The van der Waals surface area contributed by atoms with Crippen molar-refractivity contribution in [2.24, 2.45) is 5.92 Å². The van der Waals surface area contributed by atoms with Gasteiger partial charge in [-0.3, -0.25) is 19.9 Å². The van der Waals surface area contributed by atoms with E-state index in [2.05, 4.69) is 200 Å². The molecule has 2 saturated carbocycles. The smallest absolute Gasteiger partial charge is 0.130 e. The predicted molar refractivity (Wildman–Crippen MR) is 430 cm³/mol. The van der Waals surface area contributed by atoms with Crippen LogP contribution in [0.15, 0.2) is 189 Å². The van der Waals surface area contributed by atoms with Crippen LogP contribution in [0.4, 0.5) is 46.0 Å². The molecule has 105 heavy (non-hydrogen) atoms. The molecule has 550 valence electrons. The van der Waals surface area contributed by atoms with Crippen LogP contribution in [0.5, 0.6) is 0 Å². The molecule has 24 nitrogen and oxygen atoms in total. The number of hydrogen-bond acceptors (Lipinski definition) is 20. The normalized spacial score (nSPS) is 17.7. The third-order valence-corrected chi connectivity index (χ3v) is 22.6. The molecule has 12 aromatic rings. The fraction of sp³-hybridized carbons (Fsp3) is 0.377. The van der Waals surface area contributed by atoms with Crippen LogP contribution in [0.1, 0.15) is 112 Å². The lowest BCUT2D eigenvalue weighted by molar-refractivity contribution is 0.178. The molecule has 14 heterocycles. The van der Waals surface area contributed by atoms with Crippen molar-refractivity contribution in [3.05, 3.63) is 212 Å². The zero-order valence-electron chi connectivity index (χ0n) is 58.5. The lowest BCUT2D eigenvalue weighted by Gasteiger charge is -2.37. The number of halogens is 4. The van der Waals surface area contributed by atoms with Crippen molar-refractivity contribution in [2.45, 2.75) is 140 Å². The monoisotopic (exact) mass is 1670 g/mol. The molecule has 2 aliphatic carbocycles. The first-order chi connectivity index (χ1) is 51.4. The van der Waals surface area contributed by atoms with Gasteiger partial charge in [0.25, 0.3) is 0 Å². The summed E-state index contributed by atoms with van der Waals surface area (Å²) in [5.41, 5.74) is 12.6. The van der Waals surface area contributed by atoms with Gasteiger partial charge in [-0.15, -0.1) is 0 Å². The van der Waals surface area contributed by atoms with Crippen LogP contribution in [0.25, 0.3) is 22.1 Å². The van der Waals surface area contributed by atoms with Gasteiger partial charge < -0.3 is 62.1 Å². The zero-order chi connectivity index (χ0) is 72.5. The lowest BCUT2D eigenvalue weighted by atomic mass is 9.85. The number of nitrogens with one attached hydrogen (secondary N) is 6.